The Morgan fingerprint density at radius 3 is 2.61 bits per heavy atom. The summed E-state index contributed by atoms with van der Waals surface area (Å²) in [5.74, 6) is -0.280. The Morgan fingerprint density at radius 1 is 1.22 bits per heavy atom. The zero-order valence-corrected chi connectivity index (χ0v) is 10.9. The zero-order chi connectivity index (χ0) is 13.0. The highest BCUT2D eigenvalue weighted by atomic mass is 19.1. The van der Waals surface area contributed by atoms with E-state index in [0.717, 1.165) is 6.07 Å². The van der Waals surface area contributed by atoms with Crippen LogP contribution in [-0.4, -0.2) is 6.04 Å². The fraction of sp³-hybridized carbons (Fsp3) is 0.600. The molecule has 1 aromatic rings. The third-order valence-electron chi connectivity index (χ3n) is 3.99. The highest BCUT2D eigenvalue weighted by Gasteiger charge is 2.19. The van der Waals surface area contributed by atoms with Gasteiger partial charge in [-0.25, -0.2) is 8.78 Å². The molecule has 0 radical (unpaired) electrons. The maximum Gasteiger partial charge on any atom is 0.130 e. The first-order valence-electron chi connectivity index (χ1n) is 6.84. The fourth-order valence-electron chi connectivity index (χ4n) is 2.74. The monoisotopic (exact) mass is 253 g/mol. The minimum Gasteiger partial charge on any atom is -0.310 e. The molecule has 0 spiro atoms. The summed E-state index contributed by atoms with van der Waals surface area (Å²) in [6, 6.07) is 4.17. The van der Waals surface area contributed by atoms with Crippen molar-refractivity contribution in [3.63, 3.8) is 0 Å². The Kier molecular flexibility index (Phi) is 4.70. The standard InChI is InChI=1S/C15H21F2N/c1-11(12-5-3-2-4-6-12)18-10-13-7-8-14(16)9-15(13)17/h7-9,11-12,18H,2-6,10H2,1H3/t11-/m0/s1. The second-order valence-electron chi connectivity index (χ2n) is 5.30. The van der Waals surface area contributed by atoms with Gasteiger partial charge in [-0.1, -0.05) is 25.3 Å². The highest BCUT2D eigenvalue weighted by molar-refractivity contribution is 5.18. The van der Waals surface area contributed by atoms with E-state index in [1.807, 2.05) is 0 Å². The van der Waals surface area contributed by atoms with Crippen LogP contribution in [0.5, 0.6) is 0 Å². The number of hydrogen-bond acceptors (Lipinski definition) is 1. The Hall–Kier alpha value is -0.960. The molecule has 1 N–H and O–H groups in total. The van der Waals surface area contributed by atoms with E-state index in [-0.39, 0.29) is 0 Å². The molecular formula is C15H21F2N. The molecule has 3 heteroatoms. The lowest BCUT2D eigenvalue weighted by atomic mass is 9.84. The molecule has 0 aliphatic heterocycles. The van der Waals surface area contributed by atoms with Gasteiger partial charge >= 0.3 is 0 Å². The first-order valence-corrected chi connectivity index (χ1v) is 6.84. The van der Waals surface area contributed by atoms with Crippen molar-refractivity contribution in [2.75, 3.05) is 0 Å². The van der Waals surface area contributed by atoms with E-state index >= 15 is 0 Å². The van der Waals surface area contributed by atoms with E-state index in [1.165, 1.54) is 44.2 Å². The topological polar surface area (TPSA) is 12.0 Å². The normalized spacial score (nSPS) is 18.8. The summed E-state index contributed by atoms with van der Waals surface area (Å²) in [6.45, 7) is 2.64. The molecular weight excluding hydrogens is 232 g/mol. The number of benzene rings is 1. The van der Waals surface area contributed by atoms with Crippen molar-refractivity contribution >= 4 is 0 Å². The van der Waals surface area contributed by atoms with Crippen molar-refractivity contribution < 1.29 is 8.78 Å². The van der Waals surface area contributed by atoms with Crippen LogP contribution < -0.4 is 5.32 Å². The van der Waals surface area contributed by atoms with Crippen molar-refractivity contribution in [2.24, 2.45) is 5.92 Å². The van der Waals surface area contributed by atoms with E-state index in [1.54, 1.807) is 0 Å². The predicted octanol–water partition coefficient (Wildman–Crippen LogP) is 4.02. The van der Waals surface area contributed by atoms with Gasteiger partial charge in [0.05, 0.1) is 0 Å². The van der Waals surface area contributed by atoms with Crippen molar-refractivity contribution in [1.29, 1.82) is 0 Å². The third-order valence-corrected chi connectivity index (χ3v) is 3.99. The van der Waals surface area contributed by atoms with Crippen LogP contribution in [0.3, 0.4) is 0 Å². The zero-order valence-electron chi connectivity index (χ0n) is 10.9. The second-order valence-corrected chi connectivity index (χ2v) is 5.30. The molecule has 0 saturated heterocycles. The second kappa shape index (κ2) is 6.28. The van der Waals surface area contributed by atoms with Gasteiger partial charge in [-0.05, 0) is 31.7 Å². The van der Waals surface area contributed by atoms with E-state index in [9.17, 15) is 8.78 Å². The van der Waals surface area contributed by atoms with Crippen molar-refractivity contribution in [3.8, 4) is 0 Å². The highest BCUT2D eigenvalue weighted by Crippen LogP contribution is 2.26. The first kappa shape index (κ1) is 13.5. The van der Waals surface area contributed by atoms with Gasteiger partial charge in [-0.15, -0.1) is 0 Å². The molecule has 0 amide bonds. The van der Waals surface area contributed by atoms with Crippen LogP contribution in [0.2, 0.25) is 0 Å². The number of hydrogen-bond donors (Lipinski definition) is 1. The lowest BCUT2D eigenvalue weighted by Crippen LogP contribution is -2.34. The molecule has 1 atom stereocenters. The van der Waals surface area contributed by atoms with Crippen LogP contribution in [0.1, 0.15) is 44.6 Å². The summed E-state index contributed by atoms with van der Waals surface area (Å²) in [4.78, 5) is 0. The minimum atomic E-state index is -0.517. The molecule has 0 heterocycles. The SMILES string of the molecule is C[C@H](NCc1ccc(F)cc1F)C1CCCCC1. The van der Waals surface area contributed by atoms with E-state index in [2.05, 4.69) is 12.2 Å². The van der Waals surface area contributed by atoms with Gasteiger partial charge in [-0.3, -0.25) is 0 Å². The maximum atomic E-state index is 13.5. The van der Waals surface area contributed by atoms with Gasteiger partial charge in [-0.2, -0.15) is 0 Å². The molecule has 0 bridgehead atoms. The molecule has 1 aliphatic rings. The first-order chi connectivity index (χ1) is 8.66. The van der Waals surface area contributed by atoms with Gasteiger partial charge in [0.15, 0.2) is 0 Å². The third kappa shape index (κ3) is 3.52. The van der Waals surface area contributed by atoms with Gasteiger partial charge < -0.3 is 5.32 Å². The van der Waals surface area contributed by atoms with Crippen LogP contribution >= 0.6 is 0 Å². The molecule has 100 valence electrons. The fourth-order valence-corrected chi connectivity index (χ4v) is 2.74. The molecule has 0 unspecified atom stereocenters. The summed E-state index contributed by atoms with van der Waals surface area (Å²) in [5, 5.41) is 3.37. The Bertz CT molecular complexity index is 386. The minimum absolute atomic E-state index is 0.398. The molecule has 1 aromatic carbocycles. The molecule has 0 aromatic heterocycles. The van der Waals surface area contributed by atoms with Gasteiger partial charge in [0.1, 0.15) is 11.6 Å². The quantitative estimate of drug-likeness (QED) is 0.854. The molecule has 2 rings (SSSR count). The Balaban J connectivity index is 1.86. The van der Waals surface area contributed by atoms with E-state index < -0.39 is 11.6 Å². The lowest BCUT2D eigenvalue weighted by Gasteiger charge is -2.28. The van der Waals surface area contributed by atoms with Crippen molar-refractivity contribution in [3.05, 3.63) is 35.4 Å². The summed E-state index contributed by atoms with van der Waals surface area (Å²) in [7, 11) is 0. The summed E-state index contributed by atoms with van der Waals surface area (Å²) < 4.78 is 26.2. The number of nitrogens with one attached hydrogen (secondary N) is 1. The van der Waals surface area contributed by atoms with Crippen LogP contribution in [0, 0.1) is 17.6 Å². The number of halogens is 2. The van der Waals surface area contributed by atoms with Crippen LogP contribution in [-0.2, 0) is 6.54 Å². The summed E-state index contributed by atoms with van der Waals surface area (Å²) in [5.41, 5.74) is 0.541. The molecule has 1 fully saturated rings. The van der Waals surface area contributed by atoms with Crippen LogP contribution in [0.25, 0.3) is 0 Å². The molecule has 18 heavy (non-hydrogen) atoms. The smallest absolute Gasteiger partial charge is 0.130 e. The van der Waals surface area contributed by atoms with Gasteiger partial charge in [0.25, 0.3) is 0 Å². The Labute approximate surface area is 108 Å². The van der Waals surface area contributed by atoms with Crippen LogP contribution in [0.15, 0.2) is 18.2 Å². The van der Waals surface area contributed by atoms with E-state index in [0.29, 0.717) is 24.1 Å². The summed E-state index contributed by atoms with van der Waals surface area (Å²) >= 11 is 0. The van der Waals surface area contributed by atoms with Crippen molar-refractivity contribution in [1.82, 2.24) is 5.32 Å². The van der Waals surface area contributed by atoms with E-state index in [4.69, 9.17) is 0 Å². The molecule has 1 nitrogen and oxygen atoms in total. The van der Waals surface area contributed by atoms with Gasteiger partial charge in [0.2, 0.25) is 0 Å². The molecule has 1 aliphatic carbocycles. The molecule has 1 saturated carbocycles. The van der Waals surface area contributed by atoms with Gasteiger partial charge in [0, 0.05) is 24.2 Å². The lowest BCUT2D eigenvalue weighted by molar-refractivity contribution is 0.280. The average molecular weight is 253 g/mol. The average Bonchev–Trinajstić information content (AvgIpc) is 2.38. The predicted molar refractivity (Wildman–Crippen MR) is 69.2 cm³/mol. The van der Waals surface area contributed by atoms with Crippen LogP contribution in [0.4, 0.5) is 8.78 Å². The number of rotatable bonds is 4. The Morgan fingerprint density at radius 2 is 1.94 bits per heavy atom. The largest absolute Gasteiger partial charge is 0.310 e. The maximum absolute atomic E-state index is 13.5. The summed E-state index contributed by atoms with van der Waals surface area (Å²) in [6.07, 6.45) is 6.49. The van der Waals surface area contributed by atoms with Crippen molar-refractivity contribution in [2.45, 2.75) is 51.6 Å².